The summed E-state index contributed by atoms with van der Waals surface area (Å²) in [6, 6.07) is 2.07. The molecule has 1 aromatic rings. The van der Waals surface area contributed by atoms with E-state index in [1.54, 1.807) is 0 Å². The van der Waals surface area contributed by atoms with Crippen molar-refractivity contribution < 1.29 is 5.11 Å². The molecule has 6 heteroatoms. The molecule has 1 heterocycles. The van der Waals surface area contributed by atoms with Gasteiger partial charge in [-0.1, -0.05) is 25.6 Å². The van der Waals surface area contributed by atoms with Gasteiger partial charge in [-0.15, -0.1) is 0 Å². The molecule has 0 aliphatic carbocycles. The molecule has 0 spiro atoms. The van der Waals surface area contributed by atoms with Crippen molar-refractivity contribution in [2.75, 3.05) is 30.0 Å². The zero-order chi connectivity index (χ0) is 14.3. The Morgan fingerprint density at radius 2 is 2.00 bits per heavy atom. The first kappa shape index (κ1) is 16.0. The van der Waals surface area contributed by atoms with Crippen LogP contribution in [0.1, 0.15) is 27.2 Å². The Morgan fingerprint density at radius 3 is 2.58 bits per heavy atom. The van der Waals surface area contributed by atoms with Crippen LogP contribution >= 0.6 is 11.8 Å². The summed E-state index contributed by atoms with van der Waals surface area (Å²) in [5.74, 6) is 1.82. The number of rotatable bonds is 8. The molecule has 0 saturated carbocycles. The molecule has 2 unspecified atom stereocenters. The molecule has 1 aromatic heterocycles. The van der Waals surface area contributed by atoms with Gasteiger partial charge in [0.2, 0.25) is 0 Å². The topological polar surface area (TPSA) is 70.1 Å². The van der Waals surface area contributed by atoms with Gasteiger partial charge < -0.3 is 15.7 Å². The molecule has 5 nitrogen and oxygen atoms in total. The summed E-state index contributed by atoms with van der Waals surface area (Å²) in [5.41, 5.74) is 0. The molecule has 108 valence electrons. The summed E-state index contributed by atoms with van der Waals surface area (Å²) in [6.07, 6.45) is 3.02. The van der Waals surface area contributed by atoms with E-state index in [2.05, 4.69) is 27.5 Å². The molecule has 0 fully saturated rings. The third kappa shape index (κ3) is 5.24. The van der Waals surface area contributed by atoms with Gasteiger partial charge in [0.1, 0.15) is 11.6 Å². The van der Waals surface area contributed by atoms with Crippen molar-refractivity contribution in [2.45, 2.75) is 38.4 Å². The molecule has 19 heavy (non-hydrogen) atoms. The minimum atomic E-state index is 0.161. The first-order chi connectivity index (χ1) is 9.10. The van der Waals surface area contributed by atoms with Crippen molar-refractivity contribution in [1.29, 1.82) is 0 Å². The van der Waals surface area contributed by atoms with E-state index in [4.69, 9.17) is 5.11 Å². The van der Waals surface area contributed by atoms with E-state index < -0.39 is 0 Å². The molecule has 0 aromatic carbocycles. The fourth-order valence-electron chi connectivity index (χ4n) is 1.47. The number of nitrogens with zero attached hydrogens (tertiary/aromatic N) is 2. The first-order valence-electron chi connectivity index (χ1n) is 6.65. The third-order valence-electron chi connectivity index (χ3n) is 2.96. The first-order valence-corrected chi connectivity index (χ1v) is 7.87. The number of aliphatic hydroxyl groups is 1. The molecular weight excluding hydrogens is 260 g/mol. The van der Waals surface area contributed by atoms with Crippen LogP contribution in [0.2, 0.25) is 0 Å². The van der Waals surface area contributed by atoms with Crippen LogP contribution in [0.25, 0.3) is 0 Å². The zero-order valence-corrected chi connectivity index (χ0v) is 12.9. The Kier molecular flexibility index (Phi) is 6.94. The lowest BCUT2D eigenvalue weighted by Crippen LogP contribution is -2.26. The van der Waals surface area contributed by atoms with Gasteiger partial charge in [-0.3, -0.25) is 0 Å². The Bertz CT molecular complexity index is 389. The molecule has 0 aliphatic heterocycles. The molecule has 1 rings (SSSR count). The lowest BCUT2D eigenvalue weighted by Gasteiger charge is -2.20. The molecule has 3 N–H and O–H groups in total. The molecule has 0 amide bonds. The van der Waals surface area contributed by atoms with Crippen molar-refractivity contribution in [3.8, 4) is 0 Å². The van der Waals surface area contributed by atoms with Gasteiger partial charge >= 0.3 is 0 Å². The average molecular weight is 284 g/mol. The SMILES string of the molecule is CCCNc1cc(NC(C)C(C)CO)nc(SC)n1. The number of thioether (sulfide) groups is 1. The van der Waals surface area contributed by atoms with Gasteiger partial charge in [-0.05, 0) is 25.5 Å². The summed E-state index contributed by atoms with van der Waals surface area (Å²) in [4.78, 5) is 8.85. The molecule has 0 saturated heterocycles. The van der Waals surface area contributed by atoms with E-state index in [0.29, 0.717) is 0 Å². The Balaban J connectivity index is 2.81. The number of aliphatic hydroxyl groups excluding tert-OH is 1. The van der Waals surface area contributed by atoms with Crippen LogP contribution in [0.3, 0.4) is 0 Å². The Morgan fingerprint density at radius 1 is 1.32 bits per heavy atom. The fourth-order valence-corrected chi connectivity index (χ4v) is 1.85. The maximum absolute atomic E-state index is 9.17. The second-order valence-corrected chi connectivity index (χ2v) is 5.42. The molecule has 2 atom stereocenters. The van der Waals surface area contributed by atoms with Crippen LogP contribution in [0.5, 0.6) is 0 Å². The summed E-state index contributed by atoms with van der Waals surface area (Å²) in [6.45, 7) is 7.22. The second-order valence-electron chi connectivity index (χ2n) is 4.64. The minimum Gasteiger partial charge on any atom is -0.396 e. The third-order valence-corrected chi connectivity index (χ3v) is 3.51. The van der Waals surface area contributed by atoms with Gasteiger partial charge in [0, 0.05) is 25.3 Å². The van der Waals surface area contributed by atoms with Crippen molar-refractivity contribution in [3.05, 3.63) is 6.07 Å². The highest BCUT2D eigenvalue weighted by atomic mass is 32.2. The largest absolute Gasteiger partial charge is 0.396 e. The van der Waals surface area contributed by atoms with E-state index in [1.807, 2.05) is 26.2 Å². The predicted octanol–water partition coefficient (Wildman–Crippen LogP) is 2.45. The highest BCUT2D eigenvalue weighted by molar-refractivity contribution is 7.98. The van der Waals surface area contributed by atoms with Gasteiger partial charge in [0.05, 0.1) is 0 Å². The standard InChI is InChI=1S/C13H24N4OS/c1-5-6-14-11-7-12(17-13(16-11)19-4)15-10(3)9(2)8-18/h7,9-10,18H,5-6,8H2,1-4H3,(H2,14,15,16,17). The van der Waals surface area contributed by atoms with E-state index in [0.717, 1.165) is 29.8 Å². The monoisotopic (exact) mass is 284 g/mol. The van der Waals surface area contributed by atoms with Crippen LogP contribution in [0.15, 0.2) is 11.2 Å². The summed E-state index contributed by atoms with van der Waals surface area (Å²) >= 11 is 1.52. The van der Waals surface area contributed by atoms with Gasteiger partial charge in [0.25, 0.3) is 0 Å². The van der Waals surface area contributed by atoms with Gasteiger partial charge in [-0.2, -0.15) is 0 Å². The summed E-state index contributed by atoms with van der Waals surface area (Å²) in [7, 11) is 0. The van der Waals surface area contributed by atoms with E-state index in [9.17, 15) is 0 Å². The fraction of sp³-hybridized carbons (Fsp3) is 0.692. The van der Waals surface area contributed by atoms with Crippen LogP contribution in [-0.4, -0.2) is 40.5 Å². The van der Waals surface area contributed by atoms with Crippen molar-refractivity contribution in [3.63, 3.8) is 0 Å². The van der Waals surface area contributed by atoms with Crippen LogP contribution in [0.4, 0.5) is 11.6 Å². The van der Waals surface area contributed by atoms with Crippen LogP contribution in [0, 0.1) is 5.92 Å². The van der Waals surface area contributed by atoms with Gasteiger partial charge in [-0.25, -0.2) is 9.97 Å². The second kappa shape index (κ2) is 8.22. The highest BCUT2D eigenvalue weighted by Gasteiger charge is 2.12. The van der Waals surface area contributed by atoms with Crippen LogP contribution < -0.4 is 10.6 Å². The predicted molar refractivity (Wildman–Crippen MR) is 81.9 cm³/mol. The molecule has 0 radical (unpaired) electrons. The quantitative estimate of drug-likeness (QED) is 0.503. The number of nitrogens with one attached hydrogen (secondary N) is 2. The number of hydrogen-bond donors (Lipinski definition) is 3. The number of aromatic nitrogens is 2. The lowest BCUT2D eigenvalue weighted by molar-refractivity contribution is 0.226. The zero-order valence-electron chi connectivity index (χ0n) is 12.1. The number of anilines is 2. The molecular formula is C13H24N4OS. The maximum Gasteiger partial charge on any atom is 0.191 e. The Hall–Kier alpha value is -1.01. The van der Waals surface area contributed by atoms with Crippen molar-refractivity contribution >= 4 is 23.4 Å². The average Bonchev–Trinajstić information content (AvgIpc) is 2.43. The number of hydrogen-bond acceptors (Lipinski definition) is 6. The van der Waals surface area contributed by atoms with Crippen LogP contribution in [-0.2, 0) is 0 Å². The Labute approximate surface area is 119 Å². The van der Waals surface area contributed by atoms with Crippen molar-refractivity contribution in [1.82, 2.24) is 9.97 Å². The molecule has 0 bridgehead atoms. The summed E-state index contributed by atoms with van der Waals surface area (Å²) < 4.78 is 0. The lowest BCUT2D eigenvalue weighted by atomic mass is 10.1. The molecule has 0 aliphatic rings. The van der Waals surface area contributed by atoms with E-state index >= 15 is 0 Å². The summed E-state index contributed by atoms with van der Waals surface area (Å²) in [5, 5.41) is 16.5. The van der Waals surface area contributed by atoms with Gasteiger partial charge in [0.15, 0.2) is 5.16 Å². The normalized spacial score (nSPS) is 13.9. The highest BCUT2D eigenvalue weighted by Crippen LogP contribution is 2.19. The van der Waals surface area contributed by atoms with E-state index in [-0.39, 0.29) is 18.6 Å². The maximum atomic E-state index is 9.17. The smallest absolute Gasteiger partial charge is 0.191 e. The van der Waals surface area contributed by atoms with E-state index in [1.165, 1.54) is 11.8 Å². The minimum absolute atomic E-state index is 0.161. The van der Waals surface area contributed by atoms with Crippen molar-refractivity contribution in [2.24, 2.45) is 5.92 Å².